The Morgan fingerprint density at radius 1 is 1.03 bits per heavy atom. The molecular weight excluding hydrogens is 446 g/mol. The molecule has 1 amide bonds. The Kier molecular flexibility index (Phi) is 6.35. The number of rotatable bonds is 5. The van der Waals surface area contributed by atoms with Crippen LogP contribution in [-0.4, -0.2) is 44.6 Å². The minimum atomic E-state index is -3.30. The first-order chi connectivity index (χ1) is 15.5. The van der Waals surface area contributed by atoms with Crippen LogP contribution in [-0.2, 0) is 14.8 Å². The lowest BCUT2D eigenvalue weighted by atomic mass is 9.93. The molecule has 1 heterocycles. The molecule has 0 aromatic heterocycles. The fraction of sp³-hybridized carbons (Fsp3) is 0.480. The monoisotopic (exact) mass is 476 g/mol. The molecule has 2 fully saturated rings. The van der Waals surface area contributed by atoms with Crippen molar-refractivity contribution in [1.82, 2.24) is 9.62 Å². The van der Waals surface area contributed by atoms with Gasteiger partial charge in [0, 0.05) is 25.0 Å². The number of benzene rings is 2. The van der Waals surface area contributed by atoms with E-state index in [-0.39, 0.29) is 34.8 Å². The summed E-state index contributed by atoms with van der Waals surface area (Å²) >= 11 is 0. The first kappa shape index (κ1) is 23.8. The average Bonchev–Trinajstić information content (AvgIpc) is 3.37. The zero-order chi connectivity index (χ0) is 24.0. The molecule has 2 unspecified atom stereocenters. The standard InChI is InChI=1S/C25H30F2N2O3S/c1-25(2)22(18-10-5-4-9-17(18)21-19(26)11-6-12-20(21)27)23(25)24(30)29-14-7-8-16(13-15-29)28-33(3,31)32/h4-6,9-12,16,22-23,28H,7-8,13-15H2,1-3H3/t16-,22?,23?/m0/s1. The summed E-state index contributed by atoms with van der Waals surface area (Å²) in [4.78, 5) is 15.3. The Morgan fingerprint density at radius 2 is 1.70 bits per heavy atom. The molecule has 2 aliphatic rings. The second-order valence-electron chi connectivity index (χ2n) is 9.80. The number of nitrogens with one attached hydrogen (secondary N) is 1. The number of halogens is 2. The van der Waals surface area contributed by atoms with Gasteiger partial charge in [-0.05, 0) is 47.9 Å². The van der Waals surface area contributed by atoms with Gasteiger partial charge < -0.3 is 4.90 Å². The van der Waals surface area contributed by atoms with Crippen LogP contribution in [0.4, 0.5) is 8.78 Å². The van der Waals surface area contributed by atoms with Crippen LogP contribution < -0.4 is 4.72 Å². The number of carbonyl (C=O) groups is 1. The molecule has 0 bridgehead atoms. The lowest BCUT2D eigenvalue weighted by Crippen LogP contribution is -2.37. The van der Waals surface area contributed by atoms with Crippen LogP contribution in [0.1, 0.15) is 44.6 Å². The normalized spacial score (nSPS) is 24.9. The van der Waals surface area contributed by atoms with Crippen LogP contribution in [0.5, 0.6) is 0 Å². The predicted octanol–water partition coefficient (Wildman–Crippen LogP) is 4.30. The quantitative estimate of drug-likeness (QED) is 0.700. The topological polar surface area (TPSA) is 66.5 Å². The van der Waals surface area contributed by atoms with Crippen LogP contribution in [0.3, 0.4) is 0 Å². The van der Waals surface area contributed by atoms with E-state index in [0.717, 1.165) is 11.8 Å². The van der Waals surface area contributed by atoms with E-state index in [2.05, 4.69) is 4.72 Å². The highest BCUT2D eigenvalue weighted by Gasteiger charge is 2.63. The van der Waals surface area contributed by atoms with Crippen molar-refractivity contribution < 1.29 is 22.0 Å². The molecule has 0 radical (unpaired) electrons. The minimum absolute atomic E-state index is 0.0221. The van der Waals surface area contributed by atoms with Gasteiger partial charge in [0.05, 0.1) is 17.7 Å². The van der Waals surface area contributed by atoms with Crippen LogP contribution in [0.15, 0.2) is 42.5 Å². The summed E-state index contributed by atoms with van der Waals surface area (Å²) in [5.74, 6) is -1.68. The van der Waals surface area contributed by atoms with Crippen LogP contribution in [0.2, 0.25) is 0 Å². The Balaban J connectivity index is 1.57. The molecule has 33 heavy (non-hydrogen) atoms. The summed E-state index contributed by atoms with van der Waals surface area (Å²) < 4.78 is 55.0. The fourth-order valence-electron chi connectivity index (χ4n) is 5.36. The average molecular weight is 477 g/mol. The fourth-order valence-corrected chi connectivity index (χ4v) is 6.21. The van der Waals surface area contributed by atoms with Crippen LogP contribution in [0.25, 0.3) is 11.1 Å². The van der Waals surface area contributed by atoms with Gasteiger partial charge in [0.15, 0.2) is 0 Å². The molecule has 1 saturated carbocycles. The van der Waals surface area contributed by atoms with Crippen molar-refractivity contribution in [3.63, 3.8) is 0 Å². The number of likely N-dealkylation sites (tertiary alicyclic amines) is 1. The summed E-state index contributed by atoms with van der Waals surface area (Å²) in [6.45, 7) is 5.08. The van der Waals surface area contributed by atoms with Gasteiger partial charge >= 0.3 is 0 Å². The molecule has 1 saturated heterocycles. The van der Waals surface area contributed by atoms with Crippen molar-refractivity contribution in [3.8, 4) is 11.1 Å². The zero-order valence-corrected chi connectivity index (χ0v) is 20.0. The summed E-state index contributed by atoms with van der Waals surface area (Å²) in [5.41, 5.74) is 0.837. The maximum absolute atomic E-state index is 14.6. The first-order valence-electron chi connectivity index (χ1n) is 11.3. The van der Waals surface area contributed by atoms with Crippen molar-refractivity contribution in [1.29, 1.82) is 0 Å². The van der Waals surface area contributed by atoms with Crippen LogP contribution >= 0.6 is 0 Å². The van der Waals surface area contributed by atoms with E-state index in [1.807, 2.05) is 30.9 Å². The second-order valence-corrected chi connectivity index (χ2v) is 11.6. The van der Waals surface area contributed by atoms with Crippen molar-refractivity contribution in [3.05, 3.63) is 59.7 Å². The van der Waals surface area contributed by atoms with Crippen molar-refractivity contribution >= 4 is 15.9 Å². The minimum Gasteiger partial charge on any atom is -0.342 e. The van der Waals surface area contributed by atoms with E-state index in [0.29, 0.717) is 37.9 Å². The molecule has 5 nitrogen and oxygen atoms in total. The Bertz CT molecular complexity index is 1150. The highest BCUT2D eigenvalue weighted by molar-refractivity contribution is 7.88. The van der Waals surface area contributed by atoms with Gasteiger partial charge in [-0.1, -0.05) is 44.2 Å². The number of amides is 1. The van der Waals surface area contributed by atoms with Gasteiger partial charge in [0.2, 0.25) is 15.9 Å². The highest BCUT2D eigenvalue weighted by atomic mass is 32.2. The number of hydrogen-bond acceptors (Lipinski definition) is 3. The summed E-state index contributed by atoms with van der Waals surface area (Å²) in [7, 11) is -3.30. The Morgan fingerprint density at radius 3 is 2.36 bits per heavy atom. The zero-order valence-electron chi connectivity index (χ0n) is 19.1. The second kappa shape index (κ2) is 8.80. The molecule has 1 N–H and O–H groups in total. The molecule has 0 spiro atoms. The third-order valence-electron chi connectivity index (χ3n) is 7.04. The lowest BCUT2D eigenvalue weighted by molar-refractivity contribution is -0.133. The van der Waals surface area contributed by atoms with E-state index >= 15 is 0 Å². The molecule has 1 aliphatic carbocycles. The number of carbonyl (C=O) groups excluding carboxylic acids is 1. The maximum atomic E-state index is 14.6. The molecular formula is C25H30F2N2O3S. The predicted molar refractivity (Wildman–Crippen MR) is 124 cm³/mol. The summed E-state index contributed by atoms with van der Waals surface area (Å²) in [6.07, 6.45) is 3.11. The number of hydrogen-bond donors (Lipinski definition) is 1. The SMILES string of the molecule is CC1(C)C(C(=O)N2CCC[C@H](NS(C)(=O)=O)CC2)C1c1ccccc1-c1c(F)cccc1F. The van der Waals surface area contributed by atoms with E-state index in [9.17, 15) is 22.0 Å². The van der Waals surface area contributed by atoms with Crippen molar-refractivity contribution in [2.24, 2.45) is 11.3 Å². The molecule has 1 aliphatic heterocycles. The van der Waals surface area contributed by atoms with E-state index in [1.54, 1.807) is 12.1 Å². The molecule has 4 rings (SSSR count). The third kappa shape index (κ3) is 4.82. The van der Waals surface area contributed by atoms with Gasteiger partial charge in [-0.15, -0.1) is 0 Å². The van der Waals surface area contributed by atoms with Gasteiger partial charge in [-0.3, -0.25) is 4.79 Å². The third-order valence-corrected chi connectivity index (χ3v) is 7.80. The smallest absolute Gasteiger partial charge is 0.226 e. The largest absolute Gasteiger partial charge is 0.342 e. The van der Waals surface area contributed by atoms with Gasteiger partial charge in [0.25, 0.3) is 0 Å². The Hall–Kier alpha value is -2.32. The van der Waals surface area contributed by atoms with E-state index in [4.69, 9.17) is 0 Å². The van der Waals surface area contributed by atoms with Gasteiger partial charge in [-0.2, -0.15) is 0 Å². The van der Waals surface area contributed by atoms with Crippen molar-refractivity contribution in [2.75, 3.05) is 19.3 Å². The van der Waals surface area contributed by atoms with E-state index in [1.165, 1.54) is 18.2 Å². The molecule has 2 aromatic rings. The van der Waals surface area contributed by atoms with E-state index < -0.39 is 21.7 Å². The number of sulfonamides is 1. The lowest BCUT2D eigenvalue weighted by Gasteiger charge is -2.22. The Labute approximate surface area is 194 Å². The highest BCUT2D eigenvalue weighted by Crippen LogP contribution is 2.66. The first-order valence-corrected chi connectivity index (χ1v) is 13.2. The van der Waals surface area contributed by atoms with Gasteiger partial charge in [-0.25, -0.2) is 21.9 Å². The van der Waals surface area contributed by atoms with Crippen molar-refractivity contribution in [2.45, 2.75) is 45.1 Å². The summed E-state index contributed by atoms with van der Waals surface area (Å²) in [6, 6.07) is 10.8. The van der Waals surface area contributed by atoms with Gasteiger partial charge in [0.1, 0.15) is 11.6 Å². The summed E-state index contributed by atoms with van der Waals surface area (Å²) in [5, 5.41) is 0. The molecule has 2 aromatic carbocycles. The molecule has 178 valence electrons. The van der Waals surface area contributed by atoms with Crippen LogP contribution in [0, 0.1) is 23.0 Å². The maximum Gasteiger partial charge on any atom is 0.226 e. The molecule has 8 heteroatoms. The molecule has 3 atom stereocenters. The number of nitrogens with zero attached hydrogens (tertiary/aromatic N) is 1.